The monoisotopic (exact) mass is 414 g/mol. The third-order valence-corrected chi connectivity index (χ3v) is 5.54. The van der Waals surface area contributed by atoms with Crippen LogP contribution in [0.2, 0.25) is 0 Å². The topological polar surface area (TPSA) is 79.1 Å². The van der Waals surface area contributed by atoms with E-state index in [4.69, 9.17) is 14.2 Å². The Bertz CT molecular complexity index is 1130. The van der Waals surface area contributed by atoms with E-state index in [1.165, 1.54) is 32.7 Å². The average Bonchev–Trinajstić information content (AvgIpc) is 3.08. The Hall–Kier alpha value is -3.13. The first-order valence-electron chi connectivity index (χ1n) is 9.01. The fourth-order valence-corrected chi connectivity index (χ4v) is 4.06. The van der Waals surface area contributed by atoms with Crippen LogP contribution in [0.4, 0.5) is 0 Å². The molecule has 1 aromatic heterocycles. The van der Waals surface area contributed by atoms with Gasteiger partial charge in [0.25, 0.3) is 5.91 Å². The second-order valence-electron chi connectivity index (χ2n) is 6.16. The van der Waals surface area contributed by atoms with Crippen molar-refractivity contribution in [3.63, 3.8) is 0 Å². The molecule has 29 heavy (non-hydrogen) atoms. The lowest BCUT2D eigenvalue weighted by Gasteiger charge is -2.10. The van der Waals surface area contributed by atoms with Crippen molar-refractivity contribution >= 4 is 33.4 Å². The molecule has 8 heteroatoms. The smallest absolute Gasteiger partial charge is 0.325 e. The summed E-state index contributed by atoms with van der Waals surface area (Å²) in [5.41, 5.74) is 2.27. The second kappa shape index (κ2) is 8.91. The lowest BCUT2D eigenvalue weighted by Crippen LogP contribution is -2.22. The zero-order chi connectivity index (χ0) is 21.0. The minimum Gasteiger partial charge on any atom is -0.493 e. The molecule has 0 aliphatic rings. The maximum atomic E-state index is 12.9. The van der Waals surface area contributed by atoms with E-state index >= 15 is 0 Å². The van der Waals surface area contributed by atoms with Gasteiger partial charge in [0, 0.05) is 0 Å². The molecule has 1 amide bonds. The number of ether oxygens (including phenoxy) is 3. The van der Waals surface area contributed by atoms with Crippen LogP contribution in [0.1, 0.15) is 22.8 Å². The van der Waals surface area contributed by atoms with Crippen LogP contribution < -0.4 is 14.3 Å². The van der Waals surface area contributed by atoms with Crippen molar-refractivity contribution in [3.8, 4) is 11.5 Å². The summed E-state index contributed by atoms with van der Waals surface area (Å²) in [5, 5.41) is 0. The number of hydrogen-bond donors (Lipinski definition) is 0. The summed E-state index contributed by atoms with van der Waals surface area (Å²) in [6, 6.07) is 11.0. The molecule has 2 aromatic carbocycles. The zero-order valence-corrected chi connectivity index (χ0v) is 17.5. The first-order chi connectivity index (χ1) is 14.0. The highest BCUT2D eigenvalue weighted by molar-refractivity contribution is 7.16. The van der Waals surface area contributed by atoms with E-state index in [1.807, 2.05) is 18.2 Å². The molecule has 0 N–H and O–H groups in total. The number of hydrogen-bond acceptors (Lipinski definition) is 6. The molecule has 1 heterocycles. The summed E-state index contributed by atoms with van der Waals surface area (Å²) in [6.45, 7) is 2.03. The van der Waals surface area contributed by atoms with Crippen molar-refractivity contribution in [2.75, 3.05) is 21.3 Å². The Balaban J connectivity index is 2.17. The number of thiazole rings is 1. The number of methoxy groups -OCH3 is 3. The minimum atomic E-state index is -0.485. The Morgan fingerprint density at radius 2 is 1.90 bits per heavy atom. The molecule has 3 aromatic rings. The Labute approximate surface area is 172 Å². The van der Waals surface area contributed by atoms with Crippen LogP contribution in [-0.2, 0) is 22.5 Å². The van der Waals surface area contributed by atoms with Crippen molar-refractivity contribution in [2.24, 2.45) is 4.99 Å². The number of para-hydroxylation sites is 1. The van der Waals surface area contributed by atoms with Gasteiger partial charge in [-0.3, -0.25) is 9.59 Å². The van der Waals surface area contributed by atoms with Gasteiger partial charge in [-0.1, -0.05) is 30.4 Å². The highest BCUT2D eigenvalue weighted by Gasteiger charge is 2.17. The van der Waals surface area contributed by atoms with Crippen LogP contribution in [0.25, 0.3) is 10.2 Å². The Morgan fingerprint density at radius 3 is 2.55 bits per heavy atom. The first kappa shape index (κ1) is 20.6. The van der Waals surface area contributed by atoms with Gasteiger partial charge in [0.1, 0.15) is 6.54 Å². The molecule has 0 unspecified atom stereocenters. The molecule has 0 spiro atoms. The molecular weight excluding hydrogens is 392 g/mol. The van der Waals surface area contributed by atoms with E-state index in [1.54, 1.807) is 22.8 Å². The summed E-state index contributed by atoms with van der Waals surface area (Å²) in [5.74, 6) is -0.142. The molecule has 0 bridgehead atoms. The van der Waals surface area contributed by atoms with Crippen LogP contribution in [0.3, 0.4) is 0 Å². The predicted octanol–water partition coefficient (Wildman–Crippen LogP) is 3.20. The van der Waals surface area contributed by atoms with Gasteiger partial charge in [0.05, 0.1) is 37.1 Å². The van der Waals surface area contributed by atoms with Gasteiger partial charge in [-0.25, -0.2) is 0 Å². The number of aryl methyl sites for hydroxylation is 1. The summed E-state index contributed by atoms with van der Waals surface area (Å²) >= 11 is 1.35. The fourth-order valence-electron chi connectivity index (χ4n) is 2.97. The van der Waals surface area contributed by atoms with Crippen molar-refractivity contribution in [2.45, 2.75) is 19.9 Å². The third-order valence-electron chi connectivity index (χ3n) is 4.50. The van der Waals surface area contributed by atoms with E-state index in [-0.39, 0.29) is 12.1 Å². The second-order valence-corrected chi connectivity index (χ2v) is 7.17. The normalized spacial score (nSPS) is 11.5. The van der Waals surface area contributed by atoms with Crippen LogP contribution >= 0.6 is 11.3 Å². The average molecular weight is 414 g/mol. The van der Waals surface area contributed by atoms with Crippen LogP contribution in [0.15, 0.2) is 41.4 Å². The fraction of sp³-hybridized carbons (Fsp3) is 0.286. The number of rotatable bonds is 6. The van der Waals surface area contributed by atoms with Gasteiger partial charge in [-0.05, 0) is 36.2 Å². The van der Waals surface area contributed by atoms with Crippen molar-refractivity contribution < 1.29 is 23.8 Å². The number of amides is 1. The Morgan fingerprint density at radius 1 is 1.10 bits per heavy atom. The number of nitrogens with zero attached hydrogens (tertiary/aromatic N) is 2. The van der Waals surface area contributed by atoms with Crippen molar-refractivity contribution in [1.82, 2.24) is 4.57 Å². The number of carbonyl (C=O) groups excluding carboxylic acids is 2. The summed E-state index contributed by atoms with van der Waals surface area (Å²) < 4.78 is 18.0. The standard InChI is InChI=1S/C21H22N2O5S/c1-5-13-9-10-15-17(11-13)29-21(23(15)12-18(24)27-3)22-20(25)14-7-6-8-16(26-2)19(14)28-4/h6-11H,5,12H2,1-4H3. The minimum absolute atomic E-state index is 0.0384. The number of fused-ring (bicyclic) bond motifs is 1. The van der Waals surface area contributed by atoms with Gasteiger partial charge in [-0.2, -0.15) is 4.99 Å². The molecule has 3 rings (SSSR count). The maximum absolute atomic E-state index is 12.9. The quantitative estimate of drug-likeness (QED) is 0.579. The van der Waals surface area contributed by atoms with Crippen molar-refractivity contribution in [3.05, 3.63) is 52.3 Å². The molecule has 0 aliphatic heterocycles. The van der Waals surface area contributed by atoms with Crippen molar-refractivity contribution in [1.29, 1.82) is 0 Å². The molecule has 0 saturated carbocycles. The Kier molecular flexibility index (Phi) is 6.33. The zero-order valence-electron chi connectivity index (χ0n) is 16.7. The van der Waals surface area contributed by atoms with Crippen LogP contribution in [0, 0.1) is 0 Å². The number of benzene rings is 2. The van der Waals surface area contributed by atoms with Gasteiger partial charge in [0.2, 0.25) is 0 Å². The molecule has 0 fully saturated rings. The summed E-state index contributed by atoms with van der Waals surface area (Å²) in [7, 11) is 4.30. The number of carbonyl (C=O) groups is 2. The van der Waals surface area contributed by atoms with Crippen LogP contribution in [-0.4, -0.2) is 37.8 Å². The van der Waals surface area contributed by atoms with E-state index in [0.29, 0.717) is 16.3 Å². The molecule has 0 aliphatic carbocycles. The van der Waals surface area contributed by atoms with E-state index in [0.717, 1.165) is 22.2 Å². The summed E-state index contributed by atoms with van der Waals surface area (Å²) in [6.07, 6.45) is 0.886. The SMILES string of the molecule is CCc1ccc2c(c1)sc(=NC(=O)c1cccc(OC)c1OC)n2CC(=O)OC. The molecule has 7 nitrogen and oxygen atoms in total. The van der Waals surface area contributed by atoms with E-state index < -0.39 is 11.9 Å². The first-order valence-corrected chi connectivity index (χ1v) is 9.83. The number of esters is 1. The largest absolute Gasteiger partial charge is 0.493 e. The third kappa shape index (κ3) is 4.17. The lowest BCUT2D eigenvalue weighted by molar-refractivity contribution is -0.141. The molecule has 0 saturated heterocycles. The van der Waals surface area contributed by atoms with Gasteiger partial charge < -0.3 is 18.8 Å². The molecule has 152 valence electrons. The molecule has 0 radical (unpaired) electrons. The predicted molar refractivity (Wildman–Crippen MR) is 111 cm³/mol. The lowest BCUT2D eigenvalue weighted by atomic mass is 10.1. The molecular formula is C21H22N2O5S. The van der Waals surface area contributed by atoms with Gasteiger partial charge >= 0.3 is 5.97 Å². The summed E-state index contributed by atoms with van der Waals surface area (Å²) in [4.78, 5) is 29.6. The molecule has 0 atom stereocenters. The highest BCUT2D eigenvalue weighted by atomic mass is 32.1. The van der Waals surface area contributed by atoms with Gasteiger partial charge in [-0.15, -0.1) is 0 Å². The van der Waals surface area contributed by atoms with E-state index in [2.05, 4.69) is 11.9 Å². The van der Waals surface area contributed by atoms with E-state index in [9.17, 15) is 9.59 Å². The highest BCUT2D eigenvalue weighted by Crippen LogP contribution is 2.31. The number of aromatic nitrogens is 1. The maximum Gasteiger partial charge on any atom is 0.325 e. The van der Waals surface area contributed by atoms with Gasteiger partial charge in [0.15, 0.2) is 16.3 Å². The van der Waals surface area contributed by atoms with Crippen LogP contribution in [0.5, 0.6) is 11.5 Å².